The minimum atomic E-state index is 0.108. The Labute approximate surface area is 260 Å². The van der Waals surface area contributed by atoms with Crippen LogP contribution in [-0.2, 0) is 5.41 Å². The second-order valence-electron chi connectivity index (χ2n) is 13.5. The van der Waals surface area contributed by atoms with Crippen LogP contribution in [-0.4, -0.2) is 15.0 Å². The van der Waals surface area contributed by atoms with Crippen molar-refractivity contribution in [3.05, 3.63) is 114 Å². The summed E-state index contributed by atoms with van der Waals surface area (Å²) in [5.41, 5.74) is 8.35. The van der Waals surface area contributed by atoms with Gasteiger partial charge in [0, 0.05) is 16.7 Å². The molecule has 218 valence electrons. The molecule has 5 aromatic rings. The average molecular weight is 575 g/mol. The van der Waals surface area contributed by atoms with Crippen molar-refractivity contribution < 1.29 is 0 Å². The van der Waals surface area contributed by atoms with E-state index in [4.69, 9.17) is 15.0 Å². The van der Waals surface area contributed by atoms with Crippen LogP contribution in [0.2, 0.25) is 0 Å². The van der Waals surface area contributed by atoms with Gasteiger partial charge in [-0.3, -0.25) is 0 Å². The van der Waals surface area contributed by atoms with Crippen LogP contribution < -0.4 is 0 Å². The molecule has 1 heterocycles. The Morgan fingerprint density at radius 2 is 1.25 bits per heavy atom. The summed E-state index contributed by atoms with van der Waals surface area (Å²) in [6.07, 6.45) is 6.49. The van der Waals surface area contributed by atoms with E-state index < -0.39 is 0 Å². The minimum absolute atomic E-state index is 0.108. The molecule has 4 nitrogen and oxygen atoms in total. The molecule has 1 aromatic heterocycles. The summed E-state index contributed by atoms with van der Waals surface area (Å²) in [6.45, 7) is 6.98. The van der Waals surface area contributed by atoms with Crippen molar-refractivity contribution >= 4 is 0 Å². The number of aromatic nitrogens is 3. The van der Waals surface area contributed by atoms with Crippen LogP contribution in [0.25, 0.3) is 45.3 Å². The molecule has 0 N–H and O–H groups in total. The van der Waals surface area contributed by atoms with Crippen molar-refractivity contribution in [2.24, 2.45) is 17.8 Å². The molecule has 3 unspecified atom stereocenters. The molecule has 7 rings (SSSR count). The summed E-state index contributed by atoms with van der Waals surface area (Å²) in [6, 6.07) is 35.6. The normalized spacial score (nSPS) is 22.7. The number of hydrogen-bond donors (Lipinski definition) is 0. The highest BCUT2D eigenvalue weighted by Crippen LogP contribution is 2.51. The first-order valence-corrected chi connectivity index (χ1v) is 15.9. The van der Waals surface area contributed by atoms with E-state index in [1.807, 2.05) is 66.7 Å². The smallest absolute Gasteiger partial charge is 0.164 e. The summed E-state index contributed by atoms with van der Waals surface area (Å²) >= 11 is 0. The Hall–Kier alpha value is -4.62. The van der Waals surface area contributed by atoms with Crippen LogP contribution >= 0.6 is 0 Å². The SMILES string of the molecule is Cc1cc(-c2cc(C#N)cc(C3(C)CC4CC(C)C[C@@H](C4)C3)c2)ccc1-c1nc(-c2ccccc2)nc(-c2ccccc2)n1. The molecule has 2 aliphatic rings. The van der Waals surface area contributed by atoms with Crippen molar-refractivity contribution in [3.8, 4) is 51.4 Å². The molecule has 2 saturated carbocycles. The second-order valence-corrected chi connectivity index (χ2v) is 13.5. The largest absolute Gasteiger partial charge is 0.208 e. The molecule has 2 fully saturated rings. The highest BCUT2D eigenvalue weighted by atomic mass is 15.0. The van der Waals surface area contributed by atoms with E-state index in [-0.39, 0.29) is 5.41 Å². The zero-order valence-electron chi connectivity index (χ0n) is 25.8. The molecule has 0 radical (unpaired) electrons. The number of rotatable bonds is 5. The van der Waals surface area contributed by atoms with Crippen LogP contribution in [0.3, 0.4) is 0 Å². The van der Waals surface area contributed by atoms with Gasteiger partial charge in [0.05, 0.1) is 11.6 Å². The lowest BCUT2D eigenvalue weighted by atomic mass is 9.57. The van der Waals surface area contributed by atoms with Crippen molar-refractivity contribution in [3.63, 3.8) is 0 Å². The van der Waals surface area contributed by atoms with E-state index in [0.717, 1.165) is 56.7 Å². The third-order valence-corrected chi connectivity index (χ3v) is 9.88. The maximum atomic E-state index is 10.0. The van der Waals surface area contributed by atoms with Crippen molar-refractivity contribution in [2.75, 3.05) is 0 Å². The van der Waals surface area contributed by atoms with Gasteiger partial charge in [0.15, 0.2) is 17.5 Å². The van der Waals surface area contributed by atoms with Crippen molar-refractivity contribution in [1.82, 2.24) is 15.0 Å². The van der Waals surface area contributed by atoms with Crippen LogP contribution in [0.4, 0.5) is 0 Å². The third kappa shape index (κ3) is 5.55. The molecule has 4 heteroatoms. The first-order valence-electron chi connectivity index (χ1n) is 15.9. The predicted molar refractivity (Wildman–Crippen MR) is 178 cm³/mol. The second kappa shape index (κ2) is 11.5. The molecular formula is C40H38N4. The van der Waals surface area contributed by atoms with E-state index in [1.165, 1.54) is 37.7 Å². The quantitative estimate of drug-likeness (QED) is 0.210. The van der Waals surface area contributed by atoms with Gasteiger partial charge in [0.2, 0.25) is 0 Å². The highest BCUT2D eigenvalue weighted by Gasteiger charge is 2.42. The van der Waals surface area contributed by atoms with Gasteiger partial charge in [0.25, 0.3) is 0 Å². The van der Waals surface area contributed by atoms with E-state index >= 15 is 0 Å². The Morgan fingerprint density at radius 3 is 1.82 bits per heavy atom. The summed E-state index contributed by atoms with van der Waals surface area (Å²) in [5.74, 6) is 4.39. The van der Waals surface area contributed by atoms with Gasteiger partial charge in [0.1, 0.15) is 0 Å². The summed E-state index contributed by atoms with van der Waals surface area (Å²) in [4.78, 5) is 14.7. The maximum Gasteiger partial charge on any atom is 0.164 e. The number of nitriles is 1. The molecular weight excluding hydrogens is 536 g/mol. The van der Waals surface area contributed by atoms with Gasteiger partial charge < -0.3 is 0 Å². The molecule has 0 saturated heterocycles. The van der Waals surface area contributed by atoms with Gasteiger partial charge in [-0.2, -0.15) is 5.26 Å². The summed E-state index contributed by atoms with van der Waals surface area (Å²) in [5, 5.41) is 10.0. The molecule has 0 aliphatic heterocycles. The molecule has 2 bridgehead atoms. The van der Waals surface area contributed by atoms with E-state index in [1.54, 1.807) is 0 Å². The third-order valence-electron chi connectivity index (χ3n) is 9.88. The lowest BCUT2D eigenvalue weighted by Gasteiger charge is -2.47. The molecule has 2 aliphatic carbocycles. The average Bonchev–Trinajstić information content (AvgIpc) is 3.04. The number of benzene rings is 4. The van der Waals surface area contributed by atoms with Crippen molar-refractivity contribution in [1.29, 1.82) is 5.26 Å². The van der Waals surface area contributed by atoms with E-state index in [0.29, 0.717) is 17.5 Å². The molecule has 0 spiro atoms. The zero-order valence-corrected chi connectivity index (χ0v) is 25.8. The predicted octanol–water partition coefficient (Wildman–Crippen LogP) is 9.82. The molecule has 0 amide bonds. The Balaban J connectivity index is 1.27. The van der Waals surface area contributed by atoms with Gasteiger partial charge in [-0.15, -0.1) is 0 Å². The first-order chi connectivity index (χ1) is 21.4. The minimum Gasteiger partial charge on any atom is -0.208 e. The highest BCUT2D eigenvalue weighted by molar-refractivity contribution is 5.74. The van der Waals surface area contributed by atoms with Gasteiger partial charge in [-0.1, -0.05) is 98.8 Å². The number of hydrogen-bond acceptors (Lipinski definition) is 4. The molecule has 44 heavy (non-hydrogen) atoms. The first kappa shape index (κ1) is 28.2. The monoisotopic (exact) mass is 574 g/mol. The van der Waals surface area contributed by atoms with Crippen LogP contribution in [0.1, 0.15) is 62.6 Å². The van der Waals surface area contributed by atoms with Gasteiger partial charge >= 0.3 is 0 Å². The maximum absolute atomic E-state index is 10.0. The number of nitrogens with zero attached hydrogens (tertiary/aromatic N) is 4. The molecule has 4 atom stereocenters. The van der Waals surface area contributed by atoms with Crippen molar-refractivity contribution in [2.45, 2.75) is 58.3 Å². The van der Waals surface area contributed by atoms with Crippen LogP contribution in [0.5, 0.6) is 0 Å². The Bertz CT molecular complexity index is 1780. The standard InChI is InChI=1S/C40H38N4/c1-26-16-28-19-29(17-26)24-40(3,23-28)35-21-30(25-41)20-34(22-35)33-14-15-36(27(2)18-33)39-43-37(31-10-6-4-7-11-31)42-38(44-39)32-12-8-5-9-13-32/h4-15,18,20-22,26,28-29H,16-17,19,23-24H2,1-3H3/t26?,28-,29?,40?/m0/s1. The Kier molecular flexibility index (Phi) is 7.34. The summed E-state index contributed by atoms with van der Waals surface area (Å²) in [7, 11) is 0. The van der Waals surface area contributed by atoms with E-state index in [2.05, 4.69) is 57.2 Å². The zero-order chi connectivity index (χ0) is 30.3. The number of aryl methyl sites for hydroxylation is 1. The van der Waals surface area contributed by atoms with Crippen LogP contribution in [0.15, 0.2) is 97.1 Å². The lowest BCUT2D eigenvalue weighted by Crippen LogP contribution is -2.38. The Morgan fingerprint density at radius 1 is 0.659 bits per heavy atom. The fourth-order valence-electron chi connectivity index (χ4n) is 8.06. The topological polar surface area (TPSA) is 62.5 Å². The summed E-state index contributed by atoms with van der Waals surface area (Å²) < 4.78 is 0. The van der Waals surface area contributed by atoms with E-state index in [9.17, 15) is 5.26 Å². The van der Waals surface area contributed by atoms with Crippen LogP contribution in [0, 0.1) is 36.0 Å². The van der Waals surface area contributed by atoms with Gasteiger partial charge in [-0.25, -0.2) is 15.0 Å². The lowest BCUT2D eigenvalue weighted by molar-refractivity contribution is 0.0899. The molecule has 4 aromatic carbocycles. The fourth-order valence-corrected chi connectivity index (χ4v) is 8.06. The number of fused-ring (bicyclic) bond motifs is 2. The van der Waals surface area contributed by atoms with Gasteiger partial charge in [-0.05, 0) is 96.6 Å². The fraction of sp³-hybridized carbons (Fsp3) is 0.300.